The molecular formula is C17H15ClFN3O4. The molecule has 0 saturated carbocycles. The monoisotopic (exact) mass is 379 g/mol. The van der Waals surface area contributed by atoms with Crippen molar-refractivity contribution in [2.24, 2.45) is 5.10 Å². The van der Waals surface area contributed by atoms with Crippen molar-refractivity contribution >= 4 is 23.4 Å². The van der Waals surface area contributed by atoms with E-state index in [1.54, 1.807) is 24.3 Å². The van der Waals surface area contributed by atoms with Crippen LogP contribution in [0, 0.1) is 5.82 Å². The van der Waals surface area contributed by atoms with Crippen LogP contribution in [0.1, 0.15) is 15.9 Å². The van der Waals surface area contributed by atoms with Gasteiger partial charge in [-0.25, -0.2) is 4.39 Å². The van der Waals surface area contributed by atoms with E-state index in [0.717, 1.165) is 6.07 Å². The highest BCUT2D eigenvalue weighted by molar-refractivity contribution is 6.30. The smallest absolute Gasteiger partial charge is 0.251 e. The Kier molecular flexibility index (Phi) is 5.24. The molecule has 0 aromatic heterocycles. The zero-order valence-electron chi connectivity index (χ0n) is 13.3. The van der Waals surface area contributed by atoms with E-state index < -0.39 is 36.4 Å². The Labute approximate surface area is 153 Å². The third kappa shape index (κ3) is 3.87. The van der Waals surface area contributed by atoms with Crippen molar-refractivity contribution in [2.45, 2.75) is 12.3 Å². The number of hydrogen-bond donors (Lipinski definition) is 4. The van der Waals surface area contributed by atoms with Gasteiger partial charge in [-0.1, -0.05) is 11.6 Å². The summed E-state index contributed by atoms with van der Waals surface area (Å²) in [5, 5.41) is 25.9. The van der Waals surface area contributed by atoms with Gasteiger partial charge in [-0.3, -0.25) is 10.2 Å². The lowest BCUT2D eigenvalue weighted by Gasteiger charge is -2.22. The topological polar surface area (TPSA) is 103 Å². The van der Waals surface area contributed by atoms with Crippen LogP contribution in [0.2, 0.25) is 5.02 Å². The summed E-state index contributed by atoms with van der Waals surface area (Å²) in [4.78, 5) is 12.3. The molecule has 1 amide bonds. The number of aromatic hydroxyl groups is 1. The van der Waals surface area contributed by atoms with Crippen LogP contribution in [-0.4, -0.2) is 40.9 Å². The lowest BCUT2D eigenvalue weighted by molar-refractivity contribution is 0.0733. The number of phenolic OH excluding ortho intramolecular Hbond substituents is 1. The van der Waals surface area contributed by atoms with Crippen LogP contribution >= 0.6 is 11.6 Å². The first-order chi connectivity index (χ1) is 12.5. The molecule has 2 atom stereocenters. The number of carbonyl (C=O) groups excluding carboxylic acids is 1. The van der Waals surface area contributed by atoms with Crippen molar-refractivity contribution < 1.29 is 24.1 Å². The summed E-state index contributed by atoms with van der Waals surface area (Å²) in [6.07, 6.45) is -0.844. The Morgan fingerprint density at radius 3 is 2.73 bits per heavy atom. The average molecular weight is 380 g/mol. The number of ether oxygens (including phenoxy) is 1. The summed E-state index contributed by atoms with van der Waals surface area (Å²) in [6.45, 7) is -0.413. The minimum absolute atomic E-state index is 0.0769. The fourth-order valence-corrected chi connectivity index (χ4v) is 2.44. The molecule has 0 spiro atoms. The van der Waals surface area contributed by atoms with Gasteiger partial charge in [0.15, 0.2) is 11.6 Å². The molecule has 1 aliphatic rings. The van der Waals surface area contributed by atoms with Crippen LogP contribution in [0.15, 0.2) is 47.6 Å². The SMILES string of the molecule is O=C(NC(CO)C1NN=C(c2ccc(O)c(F)c2)O1)c1ccc(Cl)cc1. The number of nitrogens with one attached hydrogen (secondary N) is 2. The number of carbonyl (C=O) groups is 1. The molecule has 1 aliphatic heterocycles. The Hall–Kier alpha value is -2.84. The van der Waals surface area contributed by atoms with Gasteiger partial charge in [-0.05, 0) is 42.5 Å². The molecule has 4 N–H and O–H groups in total. The molecule has 9 heteroatoms. The fourth-order valence-electron chi connectivity index (χ4n) is 2.31. The molecule has 1 heterocycles. The number of phenols is 1. The zero-order valence-corrected chi connectivity index (χ0v) is 14.1. The van der Waals surface area contributed by atoms with E-state index in [2.05, 4.69) is 15.8 Å². The van der Waals surface area contributed by atoms with Crippen LogP contribution in [0.4, 0.5) is 4.39 Å². The quantitative estimate of drug-likeness (QED) is 0.631. The second-order valence-corrected chi connectivity index (χ2v) is 5.96. The highest BCUT2D eigenvalue weighted by Gasteiger charge is 2.30. The highest BCUT2D eigenvalue weighted by atomic mass is 35.5. The summed E-state index contributed by atoms with van der Waals surface area (Å²) in [7, 11) is 0. The number of hydrogen-bond acceptors (Lipinski definition) is 6. The molecule has 136 valence electrons. The number of halogens is 2. The van der Waals surface area contributed by atoms with E-state index >= 15 is 0 Å². The molecule has 3 rings (SSSR count). The third-order valence-corrected chi connectivity index (χ3v) is 3.96. The van der Waals surface area contributed by atoms with Gasteiger partial charge in [-0.2, -0.15) is 0 Å². The summed E-state index contributed by atoms with van der Waals surface area (Å²) < 4.78 is 19.0. The molecule has 7 nitrogen and oxygen atoms in total. The van der Waals surface area contributed by atoms with Gasteiger partial charge in [0.25, 0.3) is 5.91 Å². The van der Waals surface area contributed by atoms with Crippen LogP contribution in [0.25, 0.3) is 0 Å². The number of aliphatic hydroxyl groups excluding tert-OH is 1. The van der Waals surface area contributed by atoms with Crippen molar-refractivity contribution in [1.29, 1.82) is 0 Å². The van der Waals surface area contributed by atoms with Crippen LogP contribution < -0.4 is 10.7 Å². The third-order valence-electron chi connectivity index (χ3n) is 3.71. The van der Waals surface area contributed by atoms with Gasteiger partial charge in [0.2, 0.25) is 12.1 Å². The predicted octanol–water partition coefficient (Wildman–Crippen LogP) is 1.58. The highest BCUT2D eigenvalue weighted by Crippen LogP contribution is 2.19. The lowest BCUT2D eigenvalue weighted by atomic mass is 10.2. The molecule has 0 bridgehead atoms. The Bertz CT molecular complexity index is 844. The minimum atomic E-state index is -0.844. The van der Waals surface area contributed by atoms with Crippen LogP contribution in [0.5, 0.6) is 5.75 Å². The summed E-state index contributed by atoms with van der Waals surface area (Å²) in [6, 6.07) is 9.13. The van der Waals surface area contributed by atoms with Crippen LogP contribution in [0.3, 0.4) is 0 Å². The van der Waals surface area contributed by atoms with E-state index in [4.69, 9.17) is 16.3 Å². The van der Waals surface area contributed by atoms with Crippen molar-refractivity contribution in [2.75, 3.05) is 6.61 Å². The van der Waals surface area contributed by atoms with Crippen molar-refractivity contribution in [3.05, 3.63) is 64.4 Å². The van der Waals surface area contributed by atoms with Gasteiger partial charge in [0.05, 0.1) is 6.61 Å². The molecule has 2 unspecified atom stereocenters. The second-order valence-electron chi connectivity index (χ2n) is 5.52. The van der Waals surface area contributed by atoms with Crippen molar-refractivity contribution in [3.8, 4) is 5.75 Å². The molecule has 0 fully saturated rings. The summed E-state index contributed by atoms with van der Waals surface area (Å²) >= 11 is 5.79. The summed E-state index contributed by atoms with van der Waals surface area (Å²) in [5.74, 6) is -1.64. The average Bonchev–Trinajstić information content (AvgIpc) is 3.12. The molecule has 0 radical (unpaired) electrons. The number of aliphatic hydroxyl groups is 1. The number of rotatable bonds is 5. The van der Waals surface area contributed by atoms with Gasteiger partial charge >= 0.3 is 0 Å². The first kappa shape index (κ1) is 18.0. The van der Waals surface area contributed by atoms with Crippen molar-refractivity contribution in [3.63, 3.8) is 0 Å². The van der Waals surface area contributed by atoms with Gasteiger partial charge < -0.3 is 20.3 Å². The normalized spacial score (nSPS) is 17.0. The van der Waals surface area contributed by atoms with Gasteiger partial charge in [0, 0.05) is 16.1 Å². The molecular weight excluding hydrogens is 365 g/mol. The molecule has 26 heavy (non-hydrogen) atoms. The van der Waals surface area contributed by atoms with E-state index in [0.29, 0.717) is 16.1 Å². The Morgan fingerprint density at radius 2 is 2.08 bits per heavy atom. The van der Waals surface area contributed by atoms with E-state index in [1.165, 1.54) is 12.1 Å². The second kappa shape index (κ2) is 7.59. The number of benzene rings is 2. The standard InChI is InChI=1S/C17H15ClFN3O4/c18-11-4-1-9(2-5-11)15(25)20-13(8-23)17-22-21-16(26-17)10-3-6-14(24)12(19)7-10/h1-7,13,17,22-24H,8H2,(H,20,25). The van der Waals surface area contributed by atoms with E-state index in [9.17, 15) is 19.4 Å². The zero-order chi connectivity index (χ0) is 18.7. The maximum absolute atomic E-state index is 13.5. The van der Waals surface area contributed by atoms with Crippen LogP contribution in [-0.2, 0) is 4.74 Å². The molecule has 0 aliphatic carbocycles. The van der Waals surface area contributed by atoms with Crippen molar-refractivity contribution in [1.82, 2.24) is 10.7 Å². The van der Waals surface area contributed by atoms with Gasteiger partial charge in [-0.15, -0.1) is 5.10 Å². The lowest BCUT2D eigenvalue weighted by Crippen LogP contribution is -2.50. The maximum atomic E-state index is 13.5. The Morgan fingerprint density at radius 1 is 1.35 bits per heavy atom. The fraction of sp³-hybridized carbons (Fsp3) is 0.176. The molecule has 2 aromatic carbocycles. The molecule has 2 aromatic rings. The number of hydrazone groups is 1. The van der Waals surface area contributed by atoms with Gasteiger partial charge in [0.1, 0.15) is 6.04 Å². The van der Waals surface area contributed by atoms with E-state index in [-0.39, 0.29) is 5.90 Å². The number of amides is 1. The molecule has 0 saturated heterocycles. The Balaban J connectivity index is 1.65. The number of nitrogens with zero attached hydrogens (tertiary/aromatic N) is 1. The van der Waals surface area contributed by atoms with E-state index in [1.807, 2.05) is 0 Å². The maximum Gasteiger partial charge on any atom is 0.251 e. The predicted molar refractivity (Wildman–Crippen MR) is 92.4 cm³/mol. The summed E-state index contributed by atoms with van der Waals surface area (Å²) in [5.41, 5.74) is 3.31. The first-order valence-corrected chi connectivity index (χ1v) is 8.02. The largest absolute Gasteiger partial charge is 0.505 e. The minimum Gasteiger partial charge on any atom is -0.505 e. The first-order valence-electron chi connectivity index (χ1n) is 7.64.